The second-order valence-corrected chi connectivity index (χ2v) is 7.86. The molecule has 1 unspecified atom stereocenters. The van der Waals surface area contributed by atoms with E-state index in [-0.39, 0.29) is 22.2 Å². The van der Waals surface area contributed by atoms with Crippen molar-refractivity contribution in [1.82, 2.24) is 4.72 Å². The Morgan fingerprint density at radius 3 is 2.79 bits per heavy atom. The van der Waals surface area contributed by atoms with Gasteiger partial charge >= 0.3 is 0 Å². The van der Waals surface area contributed by atoms with Gasteiger partial charge < -0.3 is 10.2 Å². The third-order valence-electron chi connectivity index (χ3n) is 2.45. The Labute approximate surface area is 126 Å². The minimum atomic E-state index is -3.57. The van der Waals surface area contributed by atoms with Gasteiger partial charge in [-0.1, -0.05) is 6.92 Å². The maximum Gasteiger partial charge on any atom is 0.245 e. The molecule has 0 amide bonds. The van der Waals surface area contributed by atoms with Crippen LogP contribution in [0.1, 0.15) is 26.0 Å². The lowest BCUT2D eigenvalue weighted by Gasteiger charge is -2.13. The Bertz CT molecular complexity index is 502. The minimum Gasteiger partial charge on any atom is -0.452 e. The van der Waals surface area contributed by atoms with E-state index in [2.05, 4.69) is 27.6 Å². The molecule has 0 bridgehead atoms. The zero-order valence-electron chi connectivity index (χ0n) is 11.0. The summed E-state index contributed by atoms with van der Waals surface area (Å²) < 4.78 is 32.4. The molecule has 1 atom stereocenters. The molecule has 1 aromatic heterocycles. The first kappa shape index (κ1) is 17.0. The average Bonchev–Trinajstić information content (AvgIpc) is 2.71. The molecule has 3 N–H and O–H groups in total. The van der Waals surface area contributed by atoms with Crippen LogP contribution in [-0.4, -0.2) is 26.0 Å². The Hall–Kier alpha value is -0.0200. The van der Waals surface area contributed by atoms with Gasteiger partial charge in [-0.15, -0.1) is 0 Å². The van der Waals surface area contributed by atoms with Gasteiger partial charge in [0.2, 0.25) is 10.0 Å². The fourth-order valence-electron chi connectivity index (χ4n) is 1.47. The summed E-state index contributed by atoms with van der Waals surface area (Å²) >= 11 is 4.89. The lowest BCUT2D eigenvalue weighted by Crippen LogP contribution is -2.33. The standard InChI is InChI=1S/C11H19BrN2O3S2/c1-3-18-5-4-8(2)14-19(15,16)10-6-9(7-13)17-11(10)12/h6,8,14H,3-5,7,13H2,1-2H3. The molecule has 0 spiro atoms. The van der Waals surface area contributed by atoms with Crippen molar-refractivity contribution in [3.05, 3.63) is 16.5 Å². The summed E-state index contributed by atoms with van der Waals surface area (Å²) in [7, 11) is -3.57. The normalized spacial score (nSPS) is 13.7. The summed E-state index contributed by atoms with van der Waals surface area (Å²) in [5.41, 5.74) is 5.43. The zero-order chi connectivity index (χ0) is 14.5. The topological polar surface area (TPSA) is 85.3 Å². The molecule has 5 nitrogen and oxygen atoms in total. The van der Waals surface area contributed by atoms with Crippen LogP contribution in [0.2, 0.25) is 0 Å². The maximum atomic E-state index is 12.2. The first-order valence-corrected chi connectivity index (χ1v) is 9.42. The van der Waals surface area contributed by atoms with Crippen molar-refractivity contribution < 1.29 is 12.8 Å². The van der Waals surface area contributed by atoms with E-state index in [1.165, 1.54) is 6.07 Å². The van der Waals surface area contributed by atoms with Gasteiger partial charge in [-0.3, -0.25) is 0 Å². The van der Waals surface area contributed by atoms with E-state index in [9.17, 15) is 8.42 Å². The van der Waals surface area contributed by atoms with E-state index in [0.29, 0.717) is 5.76 Å². The number of thioether (sulfide) groups is 1. The molecule has 0 saturated carbocycles. The van der Waals surface area contributed by atoms with Gasteiger partial charge in [-0.2, -0.15) is 11.8 Å². The van der Waals surface area contributed by atoms with E-state index >= 15 is 0 Å². The molecular weight excluding hydrogens is 352 g/mol. The molecule has 1 rings (SSSR count). The quantitative estimate of drug-likeness (QED) is 0.685. The Balaban J connectivity index is 2.72. The van der Waals surface area contributed by atoms with Gasteiger partial charge in [-0.25, -0.2) is 13.1 Å². The molecule has 0 aliphatic carbocycles. The average molecular weight is 371 g/mol. The molecule has 0 aliphatic heterocycles. The highest BCUT2D eigenvalue weighted by Gasteiger charge is 2.23. The van der Waals surface area contributed by atoms with Crippen LogP contribution in [0.3, 0.4) is 0 Å². The number of halogens is 1. The van der Waals surface area contributed by atoms with Gasteiger partial charge in [0.25, 0.3) is 0 Å². The van der Waals surface area contributed by atoms with Crippen molar-refractivity contribution in [3.8, 4) is 0 Å². The summed E-state index contributed by atoms with van der Waals surface area (Å²) in [5.74, 6) is 2.40. The van der Waals surface area contributed by atoms with Crippen LogP contribution >= 0.6 is 27.7 Å². The van der Waals surface area contributed by atoms with E-state index < -0.39 is 10.0 Å². The number of hydrogen-bond acceptors (Lipinski definition) is 5. The molecule has 0 aromatic carbocycles. The van der Waals surface area contributed by atoms with Crippen molar-refractivity contribution in [1.29, 1.82) is 0 Å². The van der Waals surface area contributed by atoms with Crippen molar-refractivity contribution in [2.45, 2.75) is 37.8 Å². The van der Waals surface area contributed by atoms with Gasteiger partial charge in [0.05, 0.1) is 6.54 Å². The van der Waals surface area contributed by atoms with Crippen LogP contribution < -0.4 is 10.5 Å². The van der Waals surface area contributed by atoms with Crippen LogP contribution in [0.4, 0.5) is 0 Å². The molecule has 0 aliphatic rings. The monoisotopic (exact) mass is 370 g/mol. The second-order valence-electron chi connectivity index (χ2n) is 4.06. The molecular formula is C11H19BrN2O3S2. The summed E-state index contributed by atoms with van der Waals surface area (Å²) in [6, 6.07) is 1.33. The van der Waals surface area contributed by atoms with E-state index in [1.807, 2.05) is 6.92 Å². The van der Waals surface area contributed by atoms with Crippen LogP contribution in [-0.2, 0) is 16.6 Å². The highest BCUT2D eigenvalue weighted by Crippen LogP contribution is 2.26. The predicted molar refractivity (Wildman–Crippen MR) is 81.7 cm³/mol. The van der Waals surface area contributed by atoms with Crippen molar-refractivity contribution in [3.63, 3.8) is 0 Å². The molecule has 1 heterocycles. The molecule has 0 fully saturated rings. The molecule has 110 valence electrons. The van der Waals surface area contributed by atoms with Crippen LogP contribution in [0.15, 0.2) is 20.0 Å². The first-order valence-electron chi connectivity index (χ1n) is 5.99. The number of nitrogens with two attached hydrogens (primary N) is 1. The summed E-state index contributed by atoms with van der Waals surface area (Å²) in [5, 5.41) is 0. The zero-order valence-corrected chi connectivity index (χ0v) is 14.2. The number of sulfonamides is 1. The number of rotatable bonds is 8. The maximum absolute atomic E-state index is 12.2. The van der Waals surface area contributed by atoms with E-state index in [1.54, 1.807) is 11.8 Å². The van der Waals surface area contributed by atoms with E-state index in [0.717, 1.165) is 17.9 Å². The molecule has 19 heavy (non-hydrogen) atoms. The van der Waals surface area contributed by atoms with Gasteiger partial charge in [0.1, 0.15) is 10.7 Å². The highest BCUT2D eigenvalue weighted by molar-refractivity contribution is 9.10. The number of nitrogens with one attached hydrogen (secondary N) is 1. The second kappa shape index (κ2) is 7.68. The Kier molecular flexibility index (Phi) is 6.89. The van der Waals surface area contributed by atoms with Crippen molar-refractivity contribution >= 4 is 37.7 Å². The third kappa shape index (κ3) is 5.11. The molecule has 0 radical (unpaired) electrons. The third-order valence-corrected chi connectivity index (χ3v) is 5.83. The summed E-state index contributed by atoms with van der Waals surface area (Å²) in [6.07, 6.45) is 0.789. The SMILES string of the molecule is CCSCCC(C)NS(=O)(=O)c1cc(CN)oc1Br. The summed E-state index contributed by atoms with van der Waals surface area (Å²) in [4.78, 5) is 0.0999. The van der Waals surface area contributed by atoms with E-state index in [4.69, 9.17) is 10.2 Å². The fraction of sp³-hybridized carbons (Fsp3) is 0.636. The number of furan rings is 1. The Morgan fingerprint density at radius 2 is 2.26 bits per heavy atom. The summed E-state index contributed by atoms with van der Waals surface area (Å²) in [6.45, 7) is 4.10. The minimum absolute atomic E-state index is 0.0999. The lowest BCUT2D eigenvalue weighted by atomic mass is 10.3. The molecule has 0 saturated heterocycles. The van der Waals surface area contributed by atoms with Crippen LogP contribution in [0.25, 0.3) is 0 Å². The first-order chi connectivity index (χ1) is 8.90. The van der Waals surface area contributed by atoms with Crippen LogP contribution in [0.5, 0.6) is 0 Å². The lowest BCUT2D eigenvalue weighted by molar-refractivity contribution is 0.483. The van der Waals surface area contributed by atoms with Crippen LogP contribution in [0, 0.1) is 0 Å². The molecule has 1 aromatic rings. The number of hydrogen-bond donors (Lipinski definition) is 2. The highest BCUT2D eigenvalue weighted by atomic mass is 79.9. The fourth-order valence-corrected chi connectivity index (χ4v) is 4.56. The van der Waals surface area contributed by atoms with Crippen molar-refractivity contribution in [2.24, 2.45) is 5.73 Å². The van der Waals surface area contributed by atoms with Crippen molar-refractivity contribution in [2.75, 3.05) is 11.5 Å². The van der Waals surface area contributed by atoms with Gasteiger partial charge in [0.15, 0.2) is 4.67 Å². The smallest absolute Gasteiger partial charge is 0.245 e. The largest absolute Gasteiger partial charge is 0.452 e. The Morgan fingerprint density at radius 1 is 1.58 bits per heavy atom. The van der Waals surface area contributed by atoms with Gasteiger partial charge in [-0.05, 0) is 40.8 Å². The predicted octanol–water partition coefficient (Wildman–Crippen LogP) is 2.31. The molecule has 8 heteroatoms. The van der Waals surface area contributed by atoms with Gasteiger partial charge in [0, 0.05) is 12.1 Å².